The number of likely N-dealkylation sites (N-methyl/N-ethyl adjacent to an activating group) is 2. The maximum Gasteiger partial charge on any atom is 0.252 e. The van der Waals surface area contributed by atoms with Crippen molar-refractivity contribution in [2.75, 3.05) is 40.3 Å². The minimum Gasteiger partial charge on any atom is -0.366 e. The number of carbonyl (C=O) groups excluding carboxylic acids is 1. The Kier molecular flexibility index (Phi) is 4.90. The molecule has 2 heterocycles. The third kappa shape index (κ3) is 3.75. The lowest BCUT2D eigenvalue weighted by atomic mass is 10.1. The largest absolute Gasteiger partial charge is 0.366 e. The number of hydrogen-bond donors (Lipinski definition) is 0. The van der Waals surface area contributed by atoms with Gasteiger partial charge in [-0.15, -0.1) is 11.3 Å². The maximum atomic E-state index is 12.3. The van der Waals surface area contributed by atoms with Crippen LogP contribution in [0.25, 0.3) is 0 Å². The lowest BCUT2D eigenvalue weighted by Crippen LogP contribution is -2.49. The first kappa shape index (κ1) is 14.4. The number of morpholine rings is 1. The first-order chi connectivity index (χ1) is 9.08. The number of ether oxygens (including phenoxy) is 1. The van der Waals surface area contributed by atoms with Crippen molar-refractivity contribution < 1.29 is 9.53 Å². The standard InChI is InChI=1S/C13H21N3O2S/c1-10(12-14-4-7-19-12)8-16(3)13(17)11-9-15(2)5-6-18-11/h4,7,10-11H,5-6,8-9H2,1-3H3/t10-,11-/m1/s1. The number of aromatic nitrogens is 1. The van der Waals surface area contributed by atoms with Crippen LogP contribution in [-0.2, 0) is 9.53 Å². The lowest BCUT2D eigenvalue weighted by molar-refractivity contribution is -0.147. The summed E-state index contributed by atoms with van der Waals surface area (Å²) in [5.41, 5.74) is 0. The molecule has 2 rings (SSSR count). The highest BCUT2D eigenvalue weighted by molar-refractivity contribution is 7.09. The Hall–Kier alpha value is -0.980. The van der Waals surface area contributed by atoms with Crippen LogP contribution in [0.1, 0.15) is 17.8 Å². The zero-order valence-electron chi connectivity index (χ0n) is 11.7. The summed E-state index contributed by atoms with van der Waals surface area (Å²) < 4.78 is 5.56. The molecule has 1 aliphatic rings. The molecule has 0 radical (unpaired) electrons. The van der Waals surface area contributed by atoms with Gasteiger partial charge < -0.3 is 14.5 Å². The highest BCUT2D eigenvalue weighted by Crippen LogP contribution is 2.19. The molecule has 0 bridgehead atoms. The van der Waals surface area contributed by atoms with Gasteiger partial charge in [0.2, 0.25) is 0 Å². The fourth-order valence-electron chi connectivity index (χ4n) is 2.23. The van der Waals surface area contributed by atoms with Gasteiger partial charge in [-0.05, 0) is 7.05 Å². The van der Waals surface area contributed by atoms with E-state index in [-0.39, 0.29) is 17.9 Å². The number of nitrogens with zero attached hydrogens (tertiary/aromatic N) is 3. The van der Waals surface area contributed by atoms with E-state index in [2.05, 4.69) is 16.8 Å². The Labute approximate surface area is 118 Å². The monoisotopic (exact) mass is 283 g/mol. The SMILES string of the molecule is C[C@H](CN(C)C(=O)[C@H]1CN(C)CCO1)c1nccs1. The molecule has 1 fully saturated rings. The third-order valence-corrected chi connectivity index (χ3v) is 4.35. The molecule has 1 aromatic heterocycles. The highest BCUT2D eigenvalue weighted by atomic mass is 32.1. The fraction of sp³-hybridized carbons (Fsp3) is 0.692. The van der Waals surface area contributed by atoms with E-state index in [4.69, 9.17) is 4.74 Å². The summed E-state index contributed by atoms with van der Waals surface area (Å²) in [6.45, 7) is 4.97. The summed E-state index contributed by atoms with van der Waals surface area (Å²) in [6.07, 6.45) is 1.48. The van der Waals surface area contributed by atoms with Crippen molar-refractivity contribution in [2.24, 2.45) is 0 Å². The van der Waals surface area contributed by atoms with Crippen LogP contribution in [0.3, 0.4) is 0 Å². The topological polar surface area (TPSA) is 45.7 Å². The van der Waals surface area contributed by atoms with Gasteiger partial charge in [0.15, 0.2) is 0 Å². The van der Waals surface area contributed by atoms with Crippen LogP contribution in [0.4, 0.5) is 0 Å². The average Bonchev–Trinajstić information content (AvgIpc) is 2.91. The second-order valence-corrected chi connectivity index (χ2v) is 6.04. The van der Waals surface area contributed by atoms with Crippen molar-refractivity contribution >= 4 is 17.2 Å². The molecule has 5 nitrogen and oxygen atoms in total. The molecule has 1 saturated heterocycles. The summed E-state index contributed by atoms with van der Waals surface area (Å²) in [4.78, 5) is 20.5. The second-order valence-electron chi connectivity index (χ2n) is 5.11. The highest BCUT2D eigenvalue weighted by Gasteiger charge is 2.28. The van der Waals surface area contributed by atoms with Gasteiger partial charge in [0, 0.05) is 44.2 Å². The molecule has 6 heteroatoms. The van der Waals surface area contributed by atoms with Gasteiger partial charge in [0.05, 0.1) is 11.6 Å². The van der Waals surface area contributed by atoms with Crippen molar-refractivity contribution in [2.45, 2.75) is 18.9 Å². The van der Waals surface area contributed by atoms with E-state index >= 15 is 0 Å². The van der Waals surface area contributed by atoms with Crippen LogP contribution >= 0.6 is 11.3 Å². The quantitative estimate of drug-likeness (QED) is 0.828. The zero-order valence-corrected chi connectivity index (χ0v) is 12.5. The van der Waals surface area contributed by atoms with Crippen molar-refractivity contribution in [3.8, 4) is 0 Å². The van der Waals surface area contributed by atoms with Gasteiger partial charge in [-0.25, -0.2) is 4.98 Å². The minimum absolute atomic E-state index is 0.0648. The normalized spacial score (nSPS) is 22.2. The fourth-order valence-corrected chi connectivity index (χ4v) is 2.92. The molecule has 2 atom stereocenters. The molecule has 0 aliphatic carbocycles. The van der Waals surface area contributed by atoms with E-state index in [1.807, 2.05) is 19.5 Å². The van der Waals surface area contributed by atoms with Gasteiger partial charge in [0.25, 0.3) is 5.91 Å². The van der Waals surface area contributed by atoms with Gasteiger partial charge in [-0.3, -0.25) is 4.79 Å². The van der Waals surface area contributed by atoms with E-state index in [0.29, 0.717) is 19.7 Å². The number of hydrogen-bond acceptors (Lipinski definition) is 5. The van der Waals surface area contributed by atoms with Crippen molar-refractivity contribution in [1.82, 2.24) is 14.8 Å². The molecular formula is C13H21N3O2S. The predicted molar refractivity (Wildman–Crippen MR) is 75.4 cm³/mol. The summed E-state index contributed by atoms with van der Waals surface area (Å²) in [7, 11) is 3.85. The van der Waals surface area contributed by atoms with E-state index in [1.54, 1.807) is 22.4 Å². The van der Waals surface area contributed by atoms with E-state index in [9.17, 15) is 4.79 Å². The molecule has 19 heavy (non-hydrogen) atoms. The molecule has 1 aromatic rings. The van der Waals surface area contributed by atoms with Crippen LogP contribution in [0.15, 0.2) is 11.6 Å². The first-order valence-corrected chi connectivity index (χ1v) is 7.40. The molecular weight excluding hydrogens is 262 g/mol. The van der Waals surface area contributed by atoms with Crippen LogP contribution in [0.5, 0.6) is 0 Å². The average molecular weight is 283 g/mol. The van der Waals surface area contributed by atoms with Crippen LogP contribution in [0, 0.1) is 0 Å². The van der Waals surface area contributed by atoms with E-state index < -0.39 is 0 Å². The number of thiazole rings is 1. The van der Waals surface area contributed by atoms with Gasteiger partial charge >= 0.3 is 0 Å². The zero-order chi connectivity index (χ0) is 13.8. The van der Waals surface area contributed by atoms with Crippen LogP contribution in [-0.4, -0.2) is 67.1 Å². The molecule has 1 amide bonds. The Morgan fingerprint density at radius 1 is 1.74 bits per heavy atom. The maximum absolute atomic E-state index is 12.3. The summed E-state index contributed by atoms with van der Waals surface area (Å²) >= 11 is 1.63. The lowest BCUT2D eigenvalue weighted by Gasteiger charge is -2.32. The minimum atomic E-state index is -0.327. The van der Waals surface area contributed by atoms with Crippen molar-refractivity contribution in [3.05, 3.63) is 16.6 Å². The Morgan fingerprint density at radius 2 is 2.53 bits per heavy atom. The Bertz CT molecular complexity index is 410. The van der Waals surface area contributed by atoms with E-state index in [0.717, 1.165) is 11.6 Å². The smallest absolute Gasteiger partial charge is 0.252 e. The molecule has 0 saturated carbocycles. The Balaban J connectivity index is 1.88. The molecule has 0 aromatic carbocycles. The third-order valence-electron chi connectivity index (χ3n) is 3.34. The van der Waals surface area contributed by atoms with Crippen molar-refractivity contribution in [1.29, 1.82) is 0 Å². The number of amides is 1. The van der Waals surface area contributed by atoms with E-state index in [1.165, 1.54) is 0 Å². The predicted octanol–water partition coefficient (Wildman–Crippen LogP) is 1.04. The summed E-state index contributed by atoms with van der Waals surface area (Å²) in [6, 6.07) is 0. The van der Waals surface area contributed by atoms with Gasteiger partial charge in [-0.1, -0.05) is 6.92 Å². The molecule has 0 N–H and O–H groups in total. The van der Waals surface area contributed by atoms with Crippen molar-refractivity contribution in [3.63, 3.8) is 0 Å². The number of rotatable bonds is 4. The Morgan fingerprint density at radius 3 is 3.16 bits per heavy atom. The summed E-state index contributed by atoms with van der Waals surface area (Å²) in [5, 5.41) is 3.04. The van der Waals surface area contributed by atoms with Gasteiger partial charge in [-0.2, -0.15) is 0 Å². The summed E-state index contributed by atoms with van der Waals surface area (Å²) in [5.74, 6) is 0.324. The van der Waals surface area contributed by atoms with Gasteiger partial charge in [0.1, 0.15) is 6.10 Å². The molecule has 1 aliphatic heterocycles. The first-order valence-electron chi connectivity index (χ1n) is 6.52. The second kappa shape index (κ2) is 6.45. The molecule has 0 spiro atoms. The van der Waals surface area contributed by atoms with Crippen LogP contribution in [0.2, 0.25) is 0 Å². The van der Waals surface area contributed by atoms with Crippen LogP contribution < -0.4 is 0 Å². The molecule has 0 unspecified atom stereocenters. The molecule has 106 valence electrons. The number of carbonyl (C=O) groups is 1.